The smallest absolute Gasteiger partial charge is 0.262 e. The maximum absolute atomic E-state index is 10.3. The molecule has 0 atom stereocenters. The molecule has 61 valence electrons. The Labute approximate surface area is 71.7 Å². The zero-order valence-corrected chi connectivity index (χ0v) is 6.87. The van der Waals surface area contributed by atoms with Crippen LogP contribution in [-0.4, -0.2) is 5.91 Å². The molecule has 0 spiro atoms. The predicted octanol–water partition coefficient (Wildman–Crippen LogP) is 1.82. The molecular formula is C10H10NO. The number of rotatable bonds is 2. The summed E-state index contributed by atoms with van der Waals surface area (Å²) >= 11 is 0. The fourth-order valence-corrected chi connectivity index (χ4v) is 0.939. The topological polar surface area (TPSA) is 40.9 Å². The zero-order valence-electron chi connectivity index (χ0n) is 6.87. The van der Waals surface area contributed by atoms with Gasteiger partial charge in [0.1, 0.15) is 0 Å². The molecule has 12 heavy (non-hydrogen) atoms. The fraction of sp³-hybridized carbons (Fsp3) is 0.100. The SMILES string of the molecule is Cc1ccccc1C=CC([NH])=O. The molecule has 0 unspecified atom stereocenters. The first-order valence-electron chi connectivity index (χ1n) is 3.69. The van der Waals surface area contributed by atoms with Gasteiger partial charge in [-0.2, -0.15) is 0 Å². The standard InChI is InChI=1S/C10H10NO/c1-8-4-2-3-5-9(8)6-7-10(11)12/h2-7,11H,1H3. The summed E-state index contributed by atoms with van der Waals surface area (Å²) in [7, 11) is 0. The van der Waals surface area contributed by atoms with Gasteiger partial charge in [0.05, 0.1) is 0 Å². The van der Waals surface area contributed by atoms with Crippen LogP contribution in [0.1, 0.15) is 11.1 Å². The van der Waals surface area contributed by atoms with Crippen LogP contribution in [0.25, 0.3) is 6.08 Å². The Balaban J connectivity index is 2.89. The van der Waals surface area contributed by atoms with E-state index in [0.717, 1.165) is 11.1 Å². The van der Waals surface area contributed by atoms with Crippen LogP contribution >= 0.6 is 0 Å². The van der Waals surface area contributed by atoms with Crippen molar-refractivity contribution in [1.82, 2.24) is 5.73 Å². The molecule has 0 saturated heterocycles. The van der Waals surface area contributed by atoms with Crippen molar-refractivity contribution in [2.75, 3.05) is 0 Å². The van der Waals surface area contributed by atoms with E-state index in [-0.39, 0.29) is 0 Å². The van der Waals surface area contributed by atoms with Crippen molar-refractivity contribution < 1.29 is 4.79 Å². The highest BCUT2D eigenvalue weighted by Gasteiger charge is 1.91. The van der Waals surface area contributed by atoms with Crippen LogP contribution in [-0.2, 0) is 4.79 Å². The third-order valence-electron chi connectivity index (χ3n) is 1.60. The molecule has 1 amide bonds. The first-order valence-corrected chi connectivity index (χ1v) is 3.69. The number of aryl methyl sites for hydroxylation is 1. The van der Waals surface area contributed by atoms with Gasteiger partial charge in [0.25, 0.3) is 5.91 Å². The van der Waals surface area contributed by atoms with Gasteiger partial charge in [-0.05, 0) is 24.1 Å². The minimum atomic E-state index is -0.668. The molecule has 0 heterocycles. The van der Waals surface area contributed by atoms with Gasteiger partial charge >= 0.3 is 0 Å². The van der Waals surface area contributed by atoms with Crippen molar-refractivity contribution in [3.63, 3.8) is 0 Å². The number of nitrogens with one attached hydrogen (secondary N) is 1. The van der Waals surface area contributed by atoms with E-state index in [0.29, 0.717) is 0 Å². The average Bonchev–Trinajstić information content (AvgIpc) is 2.03. The molecule has 1 rings (SSSR count). The highest BCUT2D eigenvalue weighted by atomic mass is 16.1. The second-order valence-corrected chi connectivity index (χ2v) is 2.55. The number of benzene rings is 1. The monoisotopic (exact) mass is 160 g/mol. The Morgan fingerprint density at radius 2 is 2.08 bits per heavy atom. The van der Waals surface area contributed by atoms with Crippen molar-refractivity contribution in [3.05, 3.63) is 41.5 Å². The van der Waals surface area contributed by atoms with Gasteiger partial charge < -0.3 is 0 Å². The second kappa shape index (κ2) is 3.72. The molecule has 0 aliphatic rings. The van der Waals surface area contributed by atoms with E-state index in [1.54, 1.807) is 6.08 Å². The number of hydrogen-bond donors (Lipinski definition) is 0. The Kier molecular flexibility index (Phi) is 2.64. The molecule has 0 aromatic heterocycles. The van der Waals surface area contributed by atoms with Gasteiger partial charge in [0.15, 0.2) is 0 Å². The molecule has 0 fully saturated rings. The van der Waals surface area contributed by atoms with Gasteiger partial charge in [0, 0.05) is 6.08 Å². The highest BCUT2D eigenvalue weighted by molar-refractivity contribution is 5.89. The van der Waals surface area contributed by atoms with Gasteiger partial charge in [-0.25, -0.2) is 0 Å². The Bertz CT molecular complexity index is 315. The molecule has 0 aliphatic heterocycles. The predicted molar refractivity (Wildman–Crippen MR) is 48.3 cm³/mol. The van der Waals surface area contributed by atoms with Crippen LogP contribution < -0.4 is 5.73 Å². The fourth-order valence-electron chi connectivity index (χ4n) is 0.939. The lowest BCUT2D eigenvalue weighted by Gasteiger charge is -1.96. The molecule has 1 aromatic rings. The van der Waals surface area contributed by atoms with Crippen molar-refractivity contribution in [2.24, 2.45) is 0 Å². The van der Waals surface area contributed by atoms with Crippen LogP contribution in [0, 0.1) is 6.92 Å². The summed E-state index contributed by atoms with van der Waals surface area (Å²) in [6, 6.07) is 7.72. The molecular weight excluding hydrogens is 150 g/mol. The maximum Gasteiger partial charge on any atom is 0.262 e. The van der Waals surface area contributed by atoms with Crippen molar-refractivity contribution >= 4 is 12.0 Å². The molecule has 1 aromatic carbocycles. The van der Waals surface area contributed by atoms with E-state index in [2.05, 4.69) is 0 Å². The first-order chi connectivity index (χ1) is 5.70. The summed E-state index contributed by atoms with van der Waals surface area (Å²) in [6.45, 7) is 1.97. The van der Waals surface area contributed by atoms with E-state index < -0.39 is 5.91 Å². The van der Waals surface area contributed by atoms with E-state index in [9.17, 15) is 4.79 Å². The largest absolute Gasteiger partial charge is 0.268 e. The number of carbonyl (C=O) groups is 1. The van der Waals surface area contributed by atoms with E-state index in [1.165, 1.54) is 6.08 Å². The quantitative estimate of drug-likeness (QED) is 0.608. The molecule has 0 saturated carbocycles. The number of amides is 1. The molecule has 1 radical (unpaired) electrons. The first kappa shape index (κ1) is 8.53. The van der Waals surface area contributed by atoms with E-state index in [4.69, 9.17) is 5.73 Å². The molecule has 2 nitrogen and oxygen atoms in total. The van der Waals surface area contributed by atoms with Gasteiger partial charge in [-0.15, -0.1) is 0 Å². The second-order valence-electron chi connectivity index (χ2n) is 2.55. The summed E-state index contributed by atoms with van der Waals surface area (Å²) in [5, 5.41) is 0. The van der Waals surface area contributed by atoms with Gasteiger partial charge in [-0.1, -0.05) is 24.3 Å². The van der Waals surface area contributed by atoms with Crippen molar-refractivity contribution in [1.29, 1.82) is 0 Å². The average molecular weight is 160 g/mol. The van der Waals surface area contributed by atoms with Crippen LogP contribution in [0.3, 0.4) is 0 Å². The summed E-state index contributed by atoms with van der Waals surface area (Å²) in [4.78, 5) is 10.3. The Hall–Kier alpha value is -1.57. The lowest BCUT2D eigenvalue weighted by Crippen LogP contribution is -1.89. The van der Waals surface area contributed by atoms with E-state index >= 15 is 0 Å². The normalized spacial score (nSPS) is 10.4. The van der Waals surface area contributed by atoms with Gasteiger partial charge in [0.2, 0.25) is 0 Å². The zero-order chi connectivity index (χ0) is 8.97. The molecule has 2 heteroatoms. The maximum atomic E-state index is 10.3. The summed E-state index contributed by atoms with van der Waals surface area (Å²) in [6.07, 6.45) is 2.91. The summed E-state index contributed by atoms with van der Waals surface area (Å²) in [5.74, 6) is -0.668. The molecule has 0 aliphatic carbocycles. The van der Waals surface area contributed by atoms with Crippen molar-refractivity contribution in [3.8, 4) is 0 Å². The summed E-state index contributed by atoms with van der Waals surface area (Å²) in [5.41, 5.74) is 8.76. The lowest BCUT2D eigenvalue weighted by atomic mass is 10.1. The summed E-state index contributed by atoms with van der Waals surface area (Å²) < 4.78 is 0. The van der Waals surface area contributed by atoms with Crippen LogP contribution in [0.15, 0.2) is 30.3 Å². The van der Waals surface area contributed by atoms with Gasteiger partial charge in [-0.3, -0.25) is 10.5 Å². The van der Waals surface area contributed by atoms with E-state index in [1.807, 2.05) is 31.2 Å². The van der Waals surface area contributed by atoms with Crippen LogP contribution in [0.2, 0.25) is 0 Å². The third-order valence-corrected chi connectivity index (χ3v) is 1.60. The number of carbonyl (C=O) groups excluding carboxylic acids is 1. The van der Waals surface area contributed by atoms with Crippen molar-refractivity contribution in [2.45, 2.75) is 6.92 Å². The Morgan fingerprint density at radius 3 is 2.67 bits per heavy atom. The Morgan fingerprint density at radius 1 is 1.42 bits per heavy atom. The molecule has 0 bridgehead atoms. The van der Waals surface area contributed by atoms with Crippen LogP contribution in [0.4, 0.5) is 0 Å². The minimum Gasteiger partial charge on any atom is -0.268 e. The minimum absolute atomic E-state index is 0.668. The molecule has 1 N–H and O–H groups in total. The lowest BCUT2D eigenvalue weighted by molar-refractivity contribution is -0.114. The number of hydrogen-bond acceptors (Lipinski definition) is 1. The third kappa shape index (κ3) is 2.23. The van der Waals surface area contributed by atoms with Crippen LogP contribution in [0.5, 0.6) is 0 Å². The highest BCUT2D eigenvalue weighted by Crippen LogP contribution is 2.08.